The molecule has 2 unspecified atom stereocenters. The number of methoxy groups -OCH3 is 1. The second-order valence-electron chi connectivity index (χ2n) is 8.28. The van der Waals surface area contributed by atoms with E-state index in [9.17, 15) is 9.59 Å². The zero-order valence-electron chi connectivity index (χ0n) is 18.0. The molecular formula is C24H28N2O4. The van der Waals surface area contributed by atoms with Gasteiger partial charge in [0.2, 0.25) is 11.8 Å². The summed E-state index contributed by atoms with van der Waals surface area (Å²) in [6, 6.07) is 9.80. The number of ether oxygens (including phenoxy) is 2. The highest BCUT2D eigenvalue weighted by Crippen LogP contribution is 2.37. The van der Waals surface area contributed by atoms with Crippen LogP contribution in [0, 0.1) is 26.7 Å². The molecule has 0 saturated carbocycles. The number of nitrogens with zero attached hydrogens (tertiary/aromatic N) is 1. The second-order valence-corrected chi connectivity index (χ2v) is 8.28. The molecule has 6 heteroatoms. The number of carbonyl (C=O) groups excluding carboxylic acids is 2. The van der Waals surface area contributed by atoms with Crippen LogP contribution in [-0.4, -0.2) is 32.1 Å². The number of nitrogens with one attached hydrogen (secondary N) is 1. The van der Waals surface area contributed by atoms with Crippen LogP contribution in [0.1, 0.15) is 41.1 Å². The molecule has 158 valence electrons. The van der Waals surface area contributed by atoms with Gasteiger partial charge >= 0.3 is 0 Å². The number of aryl methyl sites for hydroxylation is 3. The van der Waals surface area contributed by atoms with Crippen molar-refractivity contribution in [2.75, 3.05) is 25.2 Å². The van der Waals surface area contributed by atoms with Crippen LogP contribution in [0.5, 0.6) is 11.5 Å². The molecule has 4 rings (SSSR count). The third kappa shape index (κ3) is 3.74. The second kappa shape index (κ2) is 8.01. The van der Waals surface area contributed by atoms with Crippen LogP contribution >= 0.6 is 0 Å². The normalized spacial score (nSPS) is 20.5. The number of hydrogen-bond acceptors (Lipinski definition) is 4. The molecule has 1 fully saturated rings. The summed E-state index contributed by atoms with van der Waals surface area (Å²) in [5, 5.41) is 3.17. The molecule has 2 aromatic rings. The van der Waals surface area contributed by atoms with E-state index in [4.69, 9.17) is 9.47 Å². The van der Waals surface area contributed by atoms with Gasteiger partial charge in [0, 0.05) is 24.9 Å². The Morgan fingerprint density at radius 2 is 1.97 bits per heavy atom. The largest absolute Gasteiger partial charge is 0.495 e. The molecule has 1 N–H and O–H groups in total. The maximum atomic E-state index is 13.1. The molecule has 2 aliphatic rings. The molecule has 0 radical (unpaired) electrons. The minimum Gasteiger partial charge on any atom is -0.495 e. The molecule has 2 amide bonds. The Labute approximate surface area is 177 Å². The lowest BCUT2D eigenvalue weighted by atomic mass is 9.95. The molecule has 0 bridgehead atoms. The van der Waals surface area contributed by atoms with Crippen LogP contribution in [0.3, 0.4) is 0 Å². The zero-order chi connectivity index (χ0) is 21.4. The lowest BCUT2D eigenvalue weighted by molar-refractivity contribution is -0.127. The summed E-state index contributed by atoms with van der Waals surface area (Å²) in [6.07, 6.45) is 0.920. The fraction of sp³-hybridized carbons (Fsp3) is 0.417. The van der Waals surface area contributed by atoms with E-state index in [0.29, 0.717) is 18.9 Å². The van der Waals surface area contributed by atoms with Crippen LogP contribution in [-0.2, 0) is 9.59 Å². The van der Waals surface area contributed by atoms with Crippen molar-refractivity contribution >= 4 is 17.5 Å². The minimum absolute atomic E-state index is 0.0573. The highest BCUT2D eigenvalue weighted by Gasteiger charge is 2.37. The highest BCUT2D eigenvalue weighted by atomic mass is 16.5. The van der Waals surface area contributed by atoms with Crippen molar-refractivity contribution in [1.29, 1.82) is 0 Å². The van der Waals surface area contributed by atoms with Crippen molar-refractivity contribution < 1.29 is 19.1 Å². The third-order valence-electron chi connectivity index (χ3n) is 5.91. The van der Waals surface area contributed by atoms with Gasteiger partial charge in [0.15, 0.2) is 0 Å². The van der Waals surface area contributed by atoms with E-state index < -0.39 is 0 Å². The minimum atomic E-state index is -0.389. The van der Waals surface area contributed by atoms with Crippen LogP contribution in [0.2, 0.25) is 0 Å². The Morgan fingerprint density at radius 3 is 2.73 bits per heavy atom. The number of carbonyl (C=O) groups is 2. The smallest absolute Gasteiger partial charge is 0.227 e. The first-order valence-corrected chi connectivity index (χ1v) is 10.4. The predicted octanol–water partition coefficient (Wildman–Crippen LogP) is 3.61. The topological polar surface area (TPSA) is 67.9 Å². The molecule has 6 nitrogen and oxygen atoms in total. The summed E-state index contributed by atoms with van der Waals surface area (Å²) in [7, 11) is 1.59. The van der Waals surface area contributed by atoms with Crippen molar-refractivity contribution in [3.8, 4) is 11.5 Å². The Hall–Kier alpha value is -3.02. The van der Waals surface area contributed by atoms with Crippen LogP contribution in [0.4, 0.5) is 5.69 Å². The molecular weight excluding hydrogens is 380 g/mol. The van der Waals surface area contributed by atoms with Crippen molar-refractivity contribution in [1.82, 2.24) is 5.32 Å². The van der Waals surface area contributed by atoms with E-state index in [-0.39, 0.29) is 30.2 Å². The van der Waals surface area contributed by atoms with Crippen molar-refractivity contribution in [3.05, 3.63) is 52.6 Å². The first-order chi connectivity index (χ1) is 14.4. The van der Waals surface area contributed by atoms with Gasteiger partial charge in [0.25, 0.3) is 0 Å². The number of rotatable bonds is 4. The van der Waals surface area contributed by atoms with Gasteiger partial charge in [0.1, 0.15) is 11.5 Å². The van der Waals surface area contributed by atoms with Gasteiger partial charge in [-0.15, -0.1) is 0 Å². The average molecular weight is 408 g/mol. The van der Waals surface area contributed by atoms with Gasteiger partial charge in [0.05, 0.1) is 31.4 Å². The SMILES string of the molecule is COc1ccc(C)cc1N1CC(C(=O)NC2CCOc3c(C)cc(C)cc32)CC1=O. The van der Waals surface area contributed by atoms with Gasteiger partial charge in [-0.3, -0.25) is 9.59 Å². The predicted molar refractivity (Wildman–Crippen MR) is 115 cm³/mol. The van der Waals surface area contributed by atoms with Gasteiger partial charge in [-0.1, -0.05) is 23.8 Å². The monoisotopic (exact) mass is 408 g/mol. The zero-order valence-corrected chi connectivity index (χ0v) is 18.0. The van der Waals surface area contributed by atoms with E-state index in [1.807, 2.05) is 39.0 Å². The molecule has 0 spiro atoms. The van der Waals surface area contributed by atoms with Gasteiger partial charge in [-0.05, 0) is 44.0 Å². The highest BCUT2D eigenvalue weighted by molar-refractivity contribution is 6.01. The standard InChI is InChI=1S/C24H28N2O4/c1-14-5-6-21(29-4)20(11-14)26-13-17(12-22(26)27)24(28)25-19-7-8-30-23-16(3)9-15(2)10-18(19)23/h5-6,9-11,17,19H,7-8,12-13H2,1-4H3,(H,25,28). The van der Waals surface area contributed by atoms with E-state index in [2.05, 4.69) is 17.4 Å². The summed E-state index contributed by atoms with van der Waals surface area (Å²) < 4.78 is 11.3. The van der Waals surface area contributed by atoms with E-state index in [0.717, 1.165) is 40.1 Å². The Balaban J connectivity index is 1.52. The quantitative estimate of drug-likeness (QED) is 0.839. The molecule has 30 heavy (non-hydrogen) atoms. The number of anilines is 1. The molecule has 0 aliphatic carbocycles. The third-order valence-corrected chi connectivity index (χ3v) is 5.91. The number of fused-ring (bicyclic) bond motifs is 1. The summed E-state index contributed by atoms with van der Waals surface area (Å²) in [6.45, 7) is 6.97. The maximum absolute atomic E-state index is 13.1. The molecule has 2 aromatic carbocycles. The Bertz CT molecular complexity index is 1000. The number of amides is 2. The lowest BCUT2D eigenvalue weighted by Crippen LogP contribution is -2.37. The van der Waals surface area contributed by atoms with E-state index >= 15 is 0 Å². The Morgan fingerprint density at radius 1 is 1.17 bits per heavy atom. The van der Waals surface area contributed by atoms with Gasteiger partial charge < -0.3 is 19.7 Å². The molecule has 0 aromatic heterocycles. The number of benzene rings is 2. The molecule has 2 heterocycles. The Kier molecular flexibility index (Phi) is 5.41. The van der Waals surface area contributed by atoms with Crippen LogP contribution in [0.15, 0.2) is 30.3 Å². The molecule has 1 saturated heterocycles. The summed E-state index contributed by atoms with van der Waals surface area (Å²) >= 11 is 0. The van der Waals surface area contributed by atoms with Crippen LogP contribution < -0.4 is 19.7 Å². The summed E-state index contributed by atoms with van der Waals surface area (Å²) in [5.74, 6) is 0.970. The number of hydrogen-bond donors (Lipinski definition) is 1. The molecule has 2 aliphatic heterocycles. The van der Waals surface area contributed by atoms with Crippen molar-refractivity contribution in [3.63, 3.8) is 0 Å². The summed E-state index contributed by atoms with van der Waals surface area (Å²) in [4.78, 5) is 27.5. The molecule has 2 atom stereocenters. The maximum Gasteiger partial charge on any atom is 0.227 e. The van der Waals surface area contributed by atoms with Gasteiger partial charge in [-0.25, -0.2) is 0 Å². The van der Waals surface area contributed by atoms with Crippen molar-refractivity contribution in [2.45, 2.75) is 39.7 Å². The van der Waals surface area contributed by atoms with Gasteiger partial charge in [-0.2, -0.15) is 0 Å². The first kappa shape index (κ1) is 20.3. The summed E-state index contributed by atoms with van der Waals surface area (Å²) in [5.41, 5.74) is 5.01. The lowest BCUT2D eigenvalue weighted by Gasteiger charge is -2.29. The fourth-order valence-corrected chi connectivity index (χ4v) is 4.44. The fourth-order valence-electron chi connectivity index (χ4n) is 4.44. The van der Waals surface area contributed by atoms with Crippen LogP contribution in [0.25, 0.3) is 0 Å². The first-order valence-electron chi connectivity index (χ1n) is 10.4. The average Bonchev–Trinajstić information content (AvgIpc) is 3.10. The van der Waals surface area contributed by atoms with E-state index in [1.165, 1.54) is 0 Å². The van der Waals surface area contributed by atoms with E-state index in [1.54, 1.807) is 12.0 Å². The van der Waals surface area contributed by atoms with Crippen molar-refractivity contribution in [2.24, 2.45) is 5.92 Å².